The van der Waals surface area contributed by atoms with Gasteiger partial charge in [0.2, 0.25) is 0 Å². The normalized spacial score (nSPS) is 12.0. The van der Waals surface area contributed by atoms with Crippen LogP contribution < -0.4 is 14.8 Å². The lowest BCUT2D eigenvalue weighted by Gasteiger charge is -2.06. The van der Waals surface area contributed by atoms with Gasteiger partial charge in [0, 0.05) is 11.9 Å². The van der Waals surface area contributed by atoms with E-state index >= 15 is 0 Å². The molecule has 3 nitrogen and oxygen atoms in total. The predicted molar refractivity (Wildman–Crippen MR) is 88.5 cm³/mol. The van der Waals surface area contributed by atoms with Crippen molar-refractivity contribution >= 4 is 24.0 Å². The molecule has 0 radical (unpaired) electrons. The summed E-state index contributed by atoms with van der Waals surface area (Å²) in [6, 6.07) is 10.1. The Labute approximate surface area is 126 Å². The van der Waals surface area contributed by atoms with Crippen molar-refractivity contribution < 1.29 is 0 Å². The largest absolute Gasteiger partial charge is 0.317 e. The predicted octanol–water partition coefficient (Wildman–Crippen LogP) is 2.08. The molecule has 0 atom stereocenters. The van der Waals surface area contributed by atoms with Crippen LogP contribution in [0.15, 0.2) is 41.3 Å². The molecular weight excluding hydrogens is 280 g/mol. The van der Waals surface area contributed by atoms with Crippen molar-refractivity contribution in [3.05, 3.63) is 72.9 Å². The Morgan fingerprint density at radius 3 is 2.57 bits per heavy atom. The van der Waals surface area contributed by atoms with Gasteiger partial charge in [-0.05, 0) is 43.2 Å². The second kappa shape index (κ2) is 5.22. The van der Waals surface area contributed by atoms with Crippen LogP contribution in [0.1, 0.15) is 16.8 Å². The van der Waals surface area contributed by atoms with Gasteiger partial charge in [-0.2, -0.15) is 0 Å². The molecule has 0 spiro atoms. The maximum absolute atomic E-state index is 11.9. The van der Waals surface area contributed by atoms with Crippen molar-refractivity contribution in [1.29, 1.82) is 0 Å². The summed E-state index contributed by atoms with van der Waals surface area (Å²) < 4.78 is 3.48. The van der Waals surface area contributed by atoms with Gasteiger partial charge < -0.3 is 9.55 Å². The summed E-state index contributed by atoms with van der Waals surface area (Å²) in [6.07, 6.45) is 4.04. The molecule has 2 aromatic heterocycles. The lowest BCUT2D eigenvalue weighted by molar-refractivity contribution is 1.05. The number of benzene rings is 1. The van der Waals surface area contributed by atoms with Gasteiger partial charge in [0.05, 0.1) is 14.9 Å². The summed E-state index contributed by atoms with van der Waals surface area (Å²) in [5.41, 5.74) is 4.42. The smallest absolute Gasteiger partial charge is 0.266 e. The number of thiazole rings is 1. The summed E-state index contributed by atoms with van der Waals surface area (Å²) in [7, 11) is 0. The number of aromatic nitrogens is 2. The molecule has 2 heterocycles. The Hall–Kier alpha value is -2.33. The fraction of sp³-hybridized carbons (Fsp3) is 0.118. The standard InChI is InChI=1S/C17H16N2OS/c1-11-10-19(14-7-5-4-6-8-14)15(12(11)2)9-16-17(20)18-13(3)21-16/h4-10H,3H2,1-2H3,(H,18,20)/b16-9-. The first-order chi connectivity index (χ1) is 10.1. The Bertz CT molecular complexity index is 945. The van der Waals surface area contributed by atoms with E-state index in [4.69, 9.17) is 0 Å². The highest BCUT2D eigenvalue weighted by Gasteiger charge is 2.09. The summed E-state index contributed by atoms with van der Waals surface area (Å²) in [4.78, 5) is 14.6. The molecule has 0 aliphatic heterocycles. The lowest BCUT2D eigenvalue weighted by atomic mass is 10.2. The number of para-hydroxylation sites is 1. The molecule has 0 saturated heterocycles. The van der Waals surface area contributed by atoms with E-state index in [0.717, 1.165) is 11.4 Å². The molecule has 0 aliphatic rings. The van der Waals surface area contributed by atoms with Crippen molar-refractivity contribution in [1.82, 2.24) is 9.55 Å². The average molecular weight is 296 g/mol. The van der Waals surface area contributed by atoms with Crippen LogP contribution in [0.2, 0.25) is 0 Å². The zero-order chi connectivity index (χ0) is 15.0. The Morgan fingerprint density at radius 1 is 1.24 bits per heavy atom. The SMILES string of the molecule is C=c1[nH]c(=O)/c(=C/c2c(C)c(C)cn2-c2ccccc2)s1. The van der Waals surface area contributed by atoms with E-state index in [2.05, 4.69) is 48.3 Å². The third kappa shape index (κ3) is 2.50. The molecule has 1 N–H and O–H groups in total. The third-order valence-corrected chi connectivity index (χ3v) is 4.44. The molecule has 106 valence electrons. The molecular formula is C17H16N2OS. The van der Waals surface area contributed by atoms with Crippen LogP contribution in [0, 0.1) is 13.8 Å². The number of aromatic amines is 1. The van der Waals surface area contributed by atoms with Gasteiger partial charge in [0.25, 0.3) is 5.56 Å². The minimum atomic E-state index is -0.0807. The van der Waals surface area contributed by atoms with Crippen molar-refractivity contribution in [3.8, 4) is 5.69 Å². The lowest BCUT2D eigenvalue weighted by Crippen LogP contribution is -2.20. The maximum atomic E-state index is 11.9. The van der Waals surface area contributed by atoms with E-state index in [0.29, 0.717) is 9.20 Å². The summed E-state index contributed by atoms with van der Waals surface area (Å²) in [5, 5.41) is 0. The van der Waals surface area contributed by atoms with Crippen LogP contribution in [0.25, 0.3) is 18.3 Å². The quantitative estimate of drug-likeness (QED) is 0.772. The van der Waals surface area contributed by atoms with Gasteiger partial charge in [-0.3, -0.25) is 4.79 Å². The number of nitrogens with zero attached hydrogens (tertiary/aromatic N) is 1. The molecule has 21 heavy (non-hydrogen) atoms. The molecule has 0 saturated carbocycles. The van der Waals surface area contributed by atoms with Gasteiger partial charge in [0.1, 0.15) is 0 Å². The van der Waals surface area contributed by atoms with Crippen molar-refractivity contribution in [2.45, 2.75) is 13.8 Å². The van der Waals surface area contributed by atoms with E-state index < -0.39 is 0 Å². The zero-order valence-corrected chi connectivity index (χ0v) is 12.8. The van der Waals surface area contributed by atoms with E-state index in [-0.39, 0.29) is 5.56 Å². The first-order valence-corrected chi connectivity index (χ1v) is 7.51. The minimum absolute atomic E-state index is 0.0807. The van der Waals surface area contributed by atoms with E-state index in [9.17, 15) is 4.79 Å². The number of H-pyrrole nitrogens is 1. The summed E-state index contributed by atoms with van der Waals surface area (Å²) in [5.74, 6) is 0. The Morgan fingerprint density at radius 2 is 1.95 bits per heavy atom. The van der Waals surface area contributed by atoms with Gasteiger partial charge in [-0.25, -0.2) is 0 Å². The van der Waals surface area contributed by atoms with Crippen LogP contribution in [0.4, 0.5) is 0 Å². The first-order valence-electron chi connectivity index (χ1n) is 6.70. The molecule has 3 rings (SSSR count). The molecule has 0 unspecified atom stereocenters. The fourth-order valence-corrected chi connectivity index (χ4v) is 3.06. The number of aryl methyl sites for hydroxylation is 1. The molecule has 4 heteroatoms. The highest BCUT2D eigenvalue weighted by molar-refractivity contribution is 7.07. The van der Waals surface area contributed by atoms with Gasteiger partial charge in [-0.15, -0.1) is 11.3 Å². The van der Waals surface area contributed by atoms with Crippen molar-refractivity contribution in [3.63, 3.8) is 0 Å². The van der Waals surface area contributed by atoms with Crippen LogP contribution in [0.5, 0.6) is 0 Å². The highest BCUT2D eigenvalue weighted by Crippen LogP contribution is 2.21. The summed E-state index contributed by atoms with van der Waals surface area (Å²) in [6.45, 7) is 7.95. The zero-order valence-electron chi connectivity index (χ0n) is 12.0. The van der Waals surface area contributed by atoms with Crippen molar-refractivity contribution in [2.24, 2.45) is 0 Å². The molecule has 0 bridgehead atoms. The second-order valence-electron chi connectivity index (χ2n) is 5.02. The van der Waals surface area contributed by atoms with E-state index in [1.54, 1.807) is 0 Å². The number of nitrogens with one attached hydrogen (secondary N) is 1. The Balaban J connectivity index is 2.29. The maximum Gasteiger partial charge on any atom is 0.266 e. The topological polar surface area (TPSA) is 37.8 Å². The molecule has 0 amide bonds. The monoisotopic (exact) mass is 296 g/mol. The molecule has 0 fully saturated rings. The number of rotatable bonds is 2. The van der Waals surface area contributed by atoms with E-state index in [1.807, 2.05) is 24.3 Å². The minimum Gasteiger partial charge on any atom is -0.317 e. The van der Waals surface area contributed by atoms with Gasteiger partial charge in [-0.1, -0.05) is 24.8 Å². The van der Waals surface area contributed by atoms with Gasteiger partial charge in [0.15, 0.2) is 0 Å². The highest BCUT2D eigenvalue weighted by atomic mass is 32.1. The van der Waals surface area contributed by atoms with Crippen LogP contribution in [0.3, 0.4) is 0 Å². The number of hydrogen-bond acceptors (Lipinski definition) is 2. The molecule has 0 aliphatic carbocycles. The van der Waals surface area contributed by atoms with E-state index in [1.165, 1.54) is 22.5 Å². The second-order valence-corrected chi connectivity index (χ2v) is 6.15. The van der Waals surface area contributed by atoms with Crippen LogP contribution in [-0.4, -0.2) is 9.55 Å². The fourth-order valence-electron chi connectivity index (χ4n) is 2.33. The van der Waals surface area contributed by atoms with Crippen LogP contribution in [-0.2, 0) is 0 Å². The first kappa shape index (κ1) is 13.6. The molecule has 3 aromatic rings. The van der Waals surface area contributed by atoms with Crippen LogP contribution >= 0.6 is 11.3 Å². The van der Waals surface area contributed by atoms with Gasteiger partial charge >= 0.3 is 0 Å². The third-order valence-electron chi connectivity index (χ3n) is 3.57. The number of hydrogen-bond donors (Lipinski definition) is 1. The average Bonchev–Trinajstić information content (AvgIpc) is 2.93. The Kier molecular flexibility index (Phi) is 3.39. The molecule has 1 aromatic carbocycles. The summed E-state index contributed by atoms with van der Waals surface area (Å²) >= 11 is 1.38. The van der Waals surface area contributed by atoms with Crippen molar-refractivity contribution in [2.75, 3.05) is 0 Å².